The molecular formula is C23H23F3N6O2. The van der Waals surface area contributed by atoms with Crippen LogP contribution in [0.15, 0.2) is 42.7 Å². The molecule has 0 saturated carbocycles. The van der Waals surface area contributed by atoms with Crippen molar-refractivity contribution in [2.45, 2.75) is 32.2 Å². The van der Waals surface area contributed by atoms with E-state index in [1.54, 1.807) is 6.07 Å². The van der Waals surface area contributed by atoms with Gasteiger partial charge in [0.2, 0.25) is 0 Å². The smallest absolute Gasteiger partial charge is 0.410 e. The van der Waals surface area contributed by atoms with Gasteiger partial charge in [-0.05, 0) is 37.3 Å². The van der Waals surface area contributed by atoms with E-state index in [1.807, 2.05) is 30.2 Å². The van der Waals surface area contributed by atoms with Gasteiger partial charge in [0.25, 0.3) is 0 Å². The number of ether oxygens (including phenoxy) is 1. The van der Waals surface area contributed by atoms with E-state index >= 15 is 0 Å². The van der Waals surface area contributed by atoms with Gasteiger partial charge < -0.3 is 15.0 Å². The third-order valence-corrected chi connectivity index (χ3v) is 6.15. The van der Waals surface area contributed by atoms with E-state index in [9.17, 15) is 18.0 Å². The van der Waals surface area contributed by atoms with Crippen LogP contribution in [0.1, 0.15) is 23.6 Å². The van der Waals surface area contributed by atoms with Gasteiger partial charge in [-0.25, -0.2) is 9.78 Å². The van der Waals surface area contributed by atoms with Crippen molar-refractivity contribution in [1.82, 2.24) is 25.4 Å². The SMILES string of the molecule is C[C@H]1CN(Cc2c[nH]nc2-c2ccc3c(c2)CNC(=O)O3)CCN1c1ccc(C(F)(F)F)cn1. The lowest BCUT2D eigenvalue weighted by Gasteiger charge is -2.40. The first kappa shape index (κ1) is 22.2. The number of anilines is 1. The average molecular weight is 472 g/mol. The number of hydrogen-bond donors (Lipinski definition) is 2. The van der Waals surface area contributed by atoms with E-state index in [4.69, 9.17) is 4.74 Å². The molecule has 0 radical (unpaired) electrons. The summed E-state index contributed by atoms with van der Waals surface area (Å²) in [5.41, 5.74) is 2.94. The molecule has 178 valence electrons. The number of nitrogens with one attached hydrogen (secondary N) is 2. The van der Waals surface area contributed by atoms with Gasteiger partial charge >= 0.3 is 12.3 Å². The summed E-state index contributed by atoms with van der Waals surface area (Å²) >= 11 is 0. The Bertz CT molecular complexity index is 1190. The second kappa shape index (κ2) is 8.64. The molecule has 3 aromatic rings. The van der Waals surface area contributed by atoms with Crippen molar-refractivity contribution in [1.29, 1.82) is 0 Å². The molecule has 0 spiro atoms. The lowest BCUT2D eigenvalue weighted by Crippen LogP contribution is -2.51. The molecular weight excluding hydrogens is 449 g/mol. The molecule has 1 fully saturated rings. The first-order valence-electron chi connectivity index (χ1n) is 10.9. The number of benzene rings is 1. The highest BCUT2D eigenvalue weighted by Crippen LogP contribution is 2.31. The average Bonchev–Trinajstić information content (AvgIpc) is 3.26. The number of alkyl halides is 3. The van der Waals surface area contributed by atoms with Gasteiger partial charge in [0.05, 0.1) is 11.3 Å². The Kier molecular flexibility index (Phi) is 5.64. The summed E-state index contributed by atoms with van der Waals surface area (Å²) in [6.45, 7) is 5.25. The molecule has 2 N–H and O–H groups in total. The summed E-state index contributed by atoms with van der Waals surface area (Å²) in [7, 11) is 0. The molecule has 1 aromatic carbocycles. The third-order valence-electron chi connectivity index (χ3n) is 6.15. The number of rotatable bonds is 4. The van der Waals surface area contributed by atoms with Gasteiger partial charge in [-0.2, -0.15) is 18.3 Å². The number of fused-ring (bicyclic) bond motifs is 1. The Morgan fingerprint density at radius 3 is 2.79 bits per heavy atom. The van der Waals surface area contributed by atoms with Gasteiger partial charge in [0.15, 0.2) is 0 Å². The van der Waals surface area contributed by atoms with Crippen LogP contribution in [0.2, 0.25) is 0 Å². The van der Waals surface area contributed by atoms with Crippen molar-refractivity contribution >= 4 is 11.9 Å². The molecule has 8 nitrogen and oxygen atoms in total. The van der Waals surface area contributed by atoms with Crippen LogP contribution in [0.4, 0.5) is 23.8 Å². The van der Waals surface area contributed by atoms with Gasteiger partial charge in [0, 0.05) is 67.8 Å². The second-order valence-corrected chi connectivity index (χ2v) is 8.51. The van der Waals surface area contributed by atoms with E-state index in [0.717, 1.165) is 47.7 Å². The molecule has 0 bridgehead atoms. The topological polar surface area (TPSA) is 86.4 Å². The van der Waals surface area contributed by atoms with Crippen LogP contribution in [-0.2, 0) is 19.3 Å². The Morgan fingerprint density at radius 1 is 1.21 bits per heavy atom. The minimum Gasteiger partial charge on any atom is -0.410 e. The van der Waals surface area contributed by atoms with Crippen LogP contribution < -0.4 is 15.0 Å². The zero-order chi connectivity index (χ0) is 23.9. The number of aromatic amines is 1. The second-order valence-electron chi connectivity index (χ2n) is 8.51. The van der Waals surface area contributed by atoms with Crippen molar-refractivity contribution < 1.29 is 22.7 Å². The number of amides is 1. The molecule has 1 atom stereocenters. The van der Waals surface area contributed by atoms with Crippen LogP contribution in [0.5, 0.6) is 5.75 Å². The number of carbonyl (C=O) groups is 1. The maximum Gasteiger partial charge on any atom is 0.417 e. The van der Waals surface area contributed by atoms with Crippen molar-refractivity contribution in [3.63, 3.8) is 0 Å². The van der Waals surface area contributed by atoms with Crippen LogP contribution in [-0.4, -0.2) is 51.9 Å². The Balaban J connectivity index is 1.26. The van der Waals surface area contributed by atoms with E-state index in [1.165, 1.54) is 6.07 Å². The number of halogens is 3. The largest absolute Gasteiger partial charge is 0.417 e. The Hall–Kier alpha value is -3.60. The van der Waals surface area contributed by atoms with Crippen molar-refractivity contribution in [2.75, 3.05) is 24.5 Å². The first-order chi connectivity index (χ1) is 16.3. The highest BCUT2D eigenvalue weighted by molar-refractivity contribution is 5.74. The summed E-state index contributed by atoms with van der Waals surface area (Å²) in [6, 6.07) is 8.22. The highest BCUT2D eigenvalue weighted by Gasteiger charge is 2.32. The van der Waals surface area contributed by atoms with Gasteiger partial charge in [-0.15, -0.1) is 0 Å². The molecule has 5 rings (SSSR count). The predicted octanol–water partition coefficient (Wildman–Crippen LogP) is 3.80. The molecule has 2 aromatic heterocycles. The minimum absolute atomic E-state index is 0.0813. The van der Waals surface area contributed by atoms with Gasteiger partial charge in [0.1, 0.15) is 11.6 Å². The fourth-order valence-electron chi connectivity index (χ4n) is 4.43. The number of aromatic nitrogens is 3. The molecule has 2 aliphatic rings. The number of hydrogen-bond acceptors (Lipinski definition) is 6. The summed E-state index contributed by atoms with van der Waals surface area (Å²) in [5.74, 6) is 1.10. The molecule has 0 aliphatic carbocycles. The number of nitrogens with zero attached hydrogens (tertiary/aromatic N) is 4. The summed E-state index contributed by atoms with van der Waals surface area (Å²) in [6.07, 6.45) is -2.08. The number of piperazine rings is 1. The molecule has 1 amide bonds. The fraction of sp³-hybridized carbons (Fsp3) is 0.348. The van der Waals surface area contributed by atoms with Crippen molar-refractivity contribution in [2.24, 2.45) is 0 Å². The third kappa shape index (κ3) is 4.43. The molecule has 2 aliphatic heterocycles. The van der Waals surface area contributed by atoms with E-state index in [-0.39, 0.29) is 6.04 Å². The van der Waals surface area contributed by atoms with E-state index < -0.39 is 17.8 Å². The number of pyridine rings is 1. The van der Waals surface area contributed by atoms with Gasteiger partial charge in [-0.3, -0.25) is 10.00 Å². The van der Waals surface area contributed by atoms with E-state index in [2.05, 4.69) is 25.4 Å². The zero-order valence-corrected chi connectivity index (χ0v) is 18.4. The fourth-order valence-corrected chi connectivity index (χ4v) is 4.43. The lowest BCUT2D eigenvalue weighted by molar-refractivity contribution is -0.137. The summed E-state index contributed by atoms with van der Waals surface area (Å²) in [4.78, 5) is 19.8. The zero-order valence-electron chi connectivity index (χ0n) is 18.4. The number of carbonyl (C=O) groups excluding carboxylic acids is 1. The standard InChI is InChI=1S/C23H23F3N6O2/c1-14-12-31(6-7-32(14)20-5-3-18(11-27-20)23(24,25)26)13-17-10-29-30-21(17)15-2-4-19-16(8-15)9-28-22(33)34-19/h2-5,8,10-11,14H,6-7,9,12-13H2,1H3,(H,28,33)(H,29,30)/t14-/m0/s1. The normalized spacial score (nSPS) is 18.9. The molecule has 1 saturated heterocycles. The minimum atomic E-state index is -4.39. The molecule has 4 heterocycles. The molecule has 11 heteroatoms. The Labute approximate surface area is 193 Å². The van der Waals surface area contributed by atoms with Crippen LogP contribution in [0.25, 0.3) is 11.3 Å². The van der Waals surface area contributed by atoms with Gasteiger partial charge in [-0.1, -0.05) is 0 Å². The van der Waals surface area contributed by atoms with Crippen LogP contribution >= 0.6 is 0 Å². The predicted molar refractivity (Wildman–Crippen MR) is 118 cm³/mol. The monoisotopic (exact) mass is 472 g/mol. The number of H-pyrrole nitrogens is 1. The van der Waals surface area contributed by atoms with Crippen LogP contribution in [0, 0.1) is 0 Å². The highest BCUT2D eigenvalue weighted by atomic mass is 19.4. The lowest BCUT2D eigenvalue weighted by atomic mass is 10.0. The summed E-state index contributed by atoms with van der Waals surface area (Å²) in [5, 5.41) is 10.0. The van der Waals surface area contributed by atoms with Crippen molar-refractivity contribution in [3.8, 4) is 17.0 Å². The molecule has 0 unspecified atom stereocenters. The maximum absolute atomic E-state index is 12.8. The first-order valence-corrected chi connectivity index (χ1v) is 10.9. The van der Waals surface area contributed by atoms with E-state index in [0.29, 0.717) is 31.2 Å². The Morgan fingerprint density at radius 2 is 2.06 bits per heavy atom. The maximum atomic E-state index is 12.8. The molecule has 34 heavy (non-hydrogen) atoms. The quantitative estimate of drug-likeness (QED) is 0.601. The van der Waals surface area contributed by atoms with Crippen molar-refractivity contribution in [3.05, 3.63) is 59.4 Å². The van der Waals surface area contributed by atoms with Crippen LogP contribution in [0.3, 0.4) is 0 Å². The summed E-state index contributed by atoms with van der Waals surface area (Å²) < 4.78 is 43.7.